The van der Waals surface area contributed by atoms with Crippen LogP contribution in [0.4, 0.5) is 0 Å². The van der Waals surface area contributed by atoms with Gasteiger partial charge in [-0.1, -0.05) is 140 Å². The van der Waals surface area contributed by atoms with E-state index in [4.69, 9.17) is 5.73 Å². The smallest absolute Gasteiger partial charge is 0.0950 e. The number of nitrogens with one attached hydrogen (secondary N) is 1. The molecule has 0 saturated heterocycles. The van der Waals surface area contributed by atoms with Crippen LogP contribution in [-0.2, 0) is 5.54 Å². The molecule has 0 fully saturated rings. The lowest BCUT2D eigenvalue weighted by atomic mass is 9.76. The van der Waals surface area contributed by atoms with Crippen molar-refractivity contribution in [1.29, 1.82) is 0 Å². The number of hydrogen-bond acceptors (Lipinski definition) is 4. The van der Waals surface area contributed by atoms with Gasteiger partial charge in [0.25, 0.3) is 0 Å². The van der Waals surface area contributed by atoms with E-state index in [-0.39, 0.29) is 6.04 Å². The Hall–Kier alpha value is -1.72. The van der Waals surface area contributed by atoms with Crippen LogP contribution in [0.2, 0.25) is 0 Å². The SMILES string of the molecule is Cc1ccc(C(N[C@H](CSSC[C@@H](N)CC(C)C)CC(C)C)(c2ccccc2)c2ccccc2)cc1. The van der Waals surface area contributed by atoms with E-state index < -0.39 is 5.54 Å². The standard InChI is InChI=1S/C32H44N2S2/c1-24(2)20-30(33)22-35-36-23-31(21-25(3)4)34-32(27-12-8-6-9-13-27,28-14-10-7-11-15-28)29-18-16-26(5)17-19-29/h6-19,24-25,30-31,34H,20-23,33H2,1-5H3/t30-,31-/m0/s1. The Labute approximate surface area is 227 Å². The summed E-state index contributed by atoms with van der Waals surface area (Å²) < 4.78 is 0. The van der Waals surface area contributed by atoms with Gasteiger partial charge in [0.05, 0.1) is 5.54 Å². The molecule has 0 saturated carbocycles. The molecule has 2 nitrogen and oxygen atoms in total. The fraction of sp³-hybridized carbons (Fsp3) is 0.438. The molecule has 0 bridgehead atoms. The number of hydrogen-bond donors (Lipinski definition) is 2. The van der Waals surface area contributed by atoms with Crippen molar-refractivity contribution in [2.75, 3.05) is 11.5 Å². The summed E-state index contributed by atoms with van der Waals surface area (Å²) in [5.74, 6) is 3.27. The summed E-state index contributed by atoms with van der Waals surface area (Å²) in [5.41, 5.74) is 11.0. The molecule has 4 heteroatoms. The van der Waals surface area contributed by atoms with Crippen LogP contribution in [0, 0.1) is 18.8 Å². The first-order chi connectivity index (χ1) is 17.3. The van der Waals surface area contributed by atoms with Crippen LogP contribution in [0.25, 0.3) is 0 Å². The summed E-state index contributed by atoms with van der Waals surface area (Å²) >= 11 is 0. The van der Waals surface area contributed by atoms with Crippen molar-refractivity contribution in [3.63, 3.8) is 0 Å². The molecule has 0 aromatic heterocycles. The molecule has 0 spiro atoms. The van der Waals surface area contributed by atoms with Crippen molar-refractivity contribution in [2.24, 2.45) is 17.6 Å². The van der Waals surface area contributed by atoms with Crippen LogP contribution in [0.15, 0.2) is 84.9 Å². The fourth-order valence-corrected chi connectivity index (χ4v) is 7.39. The van der Waals surface area contributed by atoms with Crippen LogP contribution in [0.3, 0.4) is 0 Å². The van der Waals surface area contributed by atoms with Crippen molar-refractivity contribution in [3.05, 3.63) is 107 Å². The minimum absolute atomic E-state index is 0.263. The Morgan fingerprint density at radius 3 is 1.64 bits per heavy atom. The van der Waals surface area contributed by atoms with Gasteiger partial charge in [0.1, 0.15) is 0 Å². The lowest BCUT2D eigenvalue weighted by Crippen LogP contribution is -2.51. The van der Waals surface area contributed by atoms with E-state index in [0.717, 1.165) is 24.3 Å². The largest absolute Gasteiger partial charge is 0.327 e. The zero-order valence-electron chi connectivity index (χ0n) is 22.6. The second kappa shape index (κ2) is 14.3. The number of nitrogens with two attached hydrogens (primary N) is 1. The first-order valence-electron chi connectivity index (χ1n) is 13.3. The molecule has 0 radical (unpaired) electrons. The molecule has 194 valence electrons. The highest BCUT2D eigenvalue weighted by Gasteiger charge is 2.38. The molecule has 3 N–H and O–H groups in total. The summed E-state index contributed by atoms with van der Waals surface area (Å²) in [6.07, 6.45) is 2.19. The monoisotopic (exact) mass is 520 g/mol. The van der Waals surface area contributed by atoms with Gasteiger partial charge in [0.15, 0.2) is 0 Å². The average Bonchev–Trinajstić information content (AvgIpc) is 2.86. The van der Waals surface area contributed by atoms with Crippen molar-refractivity contribution >= 4 is 21.6 Å². The molecule has 3 rings (SSSR count). The van der Waals surface area contributed by atoms with Gasteiger partial charge < -0.3 is 5.73 Å². The van der Waals surface area contributed by atoms with Gasteiger partial charge in [0.2, 0.25) is 0 Å². The summed E-state index contributed by atoms with van der Waals surface area (Å²) in [4.78, 5) is 0. The van der Waals surface area contributed by atoms with E-state index >= 15 is 0 Å². The molecule has 2 atom stereocenters. The maximum atomic E-state index is 6.36. The van der Waals surface area contributed by atoms with Crippen LogP contribution in [-0.4, -0.2) is 23.6 Å². The molecule has 0 aliphatic heterocycles. The van der Waals surface area contributed by atoms with Crippen molar-refractivity contribution in [2.45, 2.75) is 65.1 Å². The van der Waals surface area contributed by atoms with E-state index in [0.29, 0.717) is 17.9 Å². The average molecular weight is 521 g/mol. The lowest BCUT2D eigenvalue weighted by molar-refractivity contribution is 0.365. The fourth-order valence-electron chi connectivity index (χ4n) is 4.91. The van der Waals surface area contributed by atoms with Crippen LogP contribution in [0.1, 0.15) is 62.8 Å². The van der Waals surface area contributed by atoms with Crippen molar-refractivity contribution in [3.8, 4) is 0 Å². The van der Waals surface area contributed by atoms with E-state index in [1.807, 2.05) is 21.6 Å². The summed E-state index contributed by atoms with van der Waals surface area (Å²) in [6.45, 7) is 11.3. The Balaban J connectivity index is 1.96. The van der Waals surface area contributed by atoms with E-state index in [1.54, 1.807) is 0 Å². The van der Waals surface area contributed by atoms with Gasteiger partial charge in [-0.05, 0) is 48.3 Å². The number of benzene rings is 3. The third kappa shape index (κ3) is 8.14. The molecule has 0 unspecified atom stereocenters. The van der Waals surface area contributed by atoms with Gasteiger partial charge in [-0.3, -0.25) is 5.32 Å². The van der Waals surface area contributed by atoms with Gasteiger partial charge in [0, 0.05) is 23.6 Å². The van der Waals surface area contributed by atoms with E-state index in [2.05, 4.69) is 125 Å². The molecule has 0 amide bonds. The van der Waals surface area contributed by atoms with Gasteiger partial charge in [-0.15, -0.1) is 0 Å². The van der Waals surface area contributed by atoms with Gasteiger partial charge >= 0.3 is 0 Å². The Bertz CT molecular complexity index is 964. The second-order valence-corrected chi connectivity index (χ2v) is 13.3. The van der Waals surface area contributed by atoms with Gasteiger partial charge in [-0.25, -0.2) is 0 Å². The minimum Gasteiger partial charge on any atom is -0.327 e. The molecule has 3 aromatic rings. The molecule has 3 aromatic carbocycles. The Morgan fingerprint density at radius 2 is 1.14 bits per heavy atom. The predicted molar refractivity (Wildman–Crippen MR) is 163 cm³/mol. The zero-order chi connectivity index (χ0) is 26.0. The zero-order valence-corrected chi connectivity index (χ0v) is 24.2. The van der Waals surface area contributed by atoms with Crippen molar-refractivity contribution in [1.82, 2.24) is 5.32 Å². The highest BCUT2D eigenvalue weighted by molar-refractivity contribution is 8.76. The third-order valence-corrected chi connectivity index (χ3v) is 9.07. The first-order valence-corrected chi connectivity index (χ1v) is 15.8. The molecule has 0 heterocycles. The number of aryl methyl sites for hydroxylation is 1. The highest BCUT2D eigenvalue weighted by atomic mass is 33.1. The lowest BCUT2D eigenvalue weighted by Gasteiger charge is -2.40. The van der Waals surface area contributed by atoms with E-state index in [1.165, 1.54) is 22.3 Å². The minimum atomic E-state index is -0.435. The normalized spacial score (nSPS) is 13.8. The van der Waals surface area contributed by atoms with Crippen LogP contribution in [0.5, 0.6) is 0 Å². The van der Waals surface area contributed by atoms with Gasteiger partial charge in [-0.2, -0.15) is 0 Å². The predicted octanol–water partition coefficient (Wildman–Crippen LogP) is 8.05. The third-order valence-electron chi connectivity index (χ3n) is 6.48. The Kier molecular flexibility index (Phi) is 11.4. The summed E-state index contributed by atoms with van der Waals surface area (Å²) in [6, 6.07) is 31.5. The molecule has 0 aliphatic rings. The summed E-state index contributed by atoms with van der Waals surface area (Å²) in [5, 5.41) is 4.22. The number of rotatable bonds is 14. The molecular weight excluding hydrogens is 477 g/mol. The van der Waals surface area contributed by atoms with Crippen LogP contribution >= 0.6 is 21.6 Å². The van der Waals surface area contributed by atoms with Crippen LogP contribution < -0.4 is 11.1 Å². The topological polar surface area (TPSA) is 38.0 Å². The Morgan fingerprint density at radius 1 is 0.667 bits per heavy atom. The van der Waals surface area contributed by atoms with Crippen molar-refractivity contribution < 1.29 is 0 Å². The first kappa shape index (κ1) is 28.8. The highest BCUT2D eigenvalue weighted by Crippen LogP contribution is 2.38. The quantitative estimate of drug-likeness (QED) is 0.128. The second-order valence-electron chi connectivity index (χ2n) is 10.8. The molecule has 36 heavy (non-hydrogen) atoms. The molecular formula is C32H44N2S2. The van der Waals surface area contributed by atoms with E-state index in [9.17, 15) is 0 Å². The summed E-state index contributed by atoms with van der Waals surface area (Å²) in [7, 11) is 3.89. The maximum absolute atomic E-state index is 6.36. The molecule has 0 aliphatic carbocycles. The maximum Gasteiger partial charge on any atom is 0.0950 e.